The number of nitrogens with two attached hydrogens (primary N) is 1. The van der Waals surface area contributed by atoms with Gasteiger partial charge in [0.1, 0.15) is 0 Å². The van der Waals surface area contributed by atoms with Crippen LogP contribution in [0.1, 0.15) is 23.2 Å². The van der Waals surface area contributed by atoms with Gasteiger partial charge in [-0.25, -0.2) is 17.9 Å². The largest absolute Gasteiger partial charge is 0.465 e. The number of carbonyl (C=O) groups is 1. The first-order valence-corrected chi connectivity index (χ1v) is 7.44. The van der Waals surface area contributed by atoms with Gasteiger partial charge in [-0.1, -0.05) is 0 Å². The standard InChI is InChI=1S/C12H16N2O5S/c1-19-11(16)9-3-2-8(13)6-10(9)20(17,18)14-12(7-15)4-5-12/h2-3,6,14-15H,4-5,7,13H2,1H3. The molecule has 8 heteroatoms. The van der Waals surface area contributed by atoms with E-state index in [1.165, 1.54) is 25.3 Å². The molecule has 1 aliphatic rings. The molecule has 0 saturated heterocycles. The van der Waals surface area contributed by atoms with Gasteiger partial charge in [-0.15, -0.1) is 0 Å². The summed E-state index contributed by atoms with van der Waals surface area (Å²) in [6.45, 7) is -0.290. The van der Waals surface area contributed by atoms with Crippen molar-refractivity contribution in [2.45, 2.75) is 23.3 Å². The van der Waals surface area contributed by atoms with Crippen LogP contribution in [0.5, 0.6) is 0 Å². The summed E-state index contributed by atoms with van der Waals surface area (Å²) in [5.74, 6) is -0.765. The van der Waals surface area contributed by atoms with Crippen molar-refractivity contribution in [2.24, 2.45) is 0 Å². The number of benzene rings is 1. The van der Waals surface area contributed by atoms with Crippen LogP contribution in [0.4, 0.5) is 5.69 Å². The third kappa shape index (κ3) is 2.77. The van der Waals surface area contributed by atoms with Crippen molar-refractivity contribution in [1.82, 2.24) is 4.72 Å². The first-order chi connectivity index (χ1) is 9.33. The molecule has 1 saturated carbocycles. The number of esters is 1. The third-order valence-electron chi connectivity index (χ3n) is 3.21. The van der Waals surface area contributed by atoms with E-state index in [0.717, 1.165) is 0 Å². The van der Waals surface area contributed by atoms with Crippen LogP contribution < -0.4 is 10.5 Å². The van der Waals surface area contributed by atoms with Crippen LogP contribution in [0, 0.1) is 0 Å². The second-order valence-corrected chi connectivity index (χ2v) is 6.44. The number of aliphatic hydroxyl groups is 1. The summed E-state index contributed by atoms with van der Waals surface area (Å²) >= 11 is 0. The number of nitrogen functional groups attached to an aromatic ring is 1. The molecule has 0 unspecified atom stereocenters. The van der Waals surface area contributed by atoms with E-state index in [-0.39, 0.29) is 22.8 Å². The van der Waals surface area contributed by atoms with Gasteiger partial charge in [0.05, 0.1) is 29.7 Å². The SMILES string of the molecule is COC(=O)c1ccc(N)cc1S(=O)(=O)NC1(CO)CC1. The molecule has 0 radical (unpaired) electrons. The number of ether oxygens (including phenoxy) is 1. The molecule has 1 aliphatic carbocycles. The van der Waals surface area contributed by atoms with Crippen molar-refractivity contribution >= 4 is 21.7 Å². The molecular formula is C12H16N2O5S. The lowest BCUT2D eigenvalue weighted by molar-refractivity contribution is 0.0596. The molecule has 1 aromatic rings. The summed E-state index contributed by atoms with van der Waals surface area (Å²) in [6, 6.07) is 3.92. The highest BCUT2D eigenvalue weighted by molar-refractivity contribution is 7.89. The van der Waals surface area contributed by atoms with Gasteiger partial charge in [0.2, 0.25) is 10.0 Å². The molecule has 0 bridgehead atoms. The third-order valence-corrected chi connectivity index (χ3v) is 4.83. The summed E-state index contributed by atoms with van der Waals surface area (Å²) < 4.78 is 31.7. The highest BCUT2D eigenvalue weighted by atomic mass is 32.2. The number of sulfonamides is 1. The van der Waals surface area contributed by atoms with Crippen LogP contribution in [0.3, 0.4) is 0 Å². The average Bonchev–Trinajstić information content (AvgIpc) is 3.17. The van der Waals surface area contributed by atoms with E-state index in [4.69, 9.17) is 5.73 Å². The number of carbonyl (C=O) groups excluding carboxylic acids is 1. The molecule has 4 N–H and O–H groups in total. The number of methoxy groups -OCH3 is 1. The molecule has 1 fully saturated rings. The molecule has 1 aromatic carbocycles. The molecule has 0 atom stereocenters. The van der Waals surface area contributed by atoms with Gasteiger partial charge in [0.15, 0.2) is 0 Å². The Morgan fingerprint density at radius 1 is 1.50 bits per heavy atom. The fourth-order valence-corrected chi connectivity index (χ4v) is 3.50. The molecule has 0 aliphatic heterocycles. The van der Waals surface area contributed by atoms with E-state index >= 15 is 0 Å². The number of anilines is 1. The Morgan fingerprint density at radius 2 is 2.15 bits per heavy atom. The predicted octanol–water partition coefficient (Wildman–Crippen LogP) is -0.141. The molecule has 110 valence electrons. The lowest BCUT2D eigenvalue weighted by Crippen LogP contribution is -2.40. The van der Waals surface area contributed by atoms with E-state index in [0.29, 0.717) is 12.8 Å². The van der Waals surface area contributed by atoms with Crippen LogP contribution in [0.15, 0.2) is 23.1 Å². The highest BCUT2D eigenvalue weighted by Crippen LogP contribution is 2.36. The molecular weight excluding hydrogens is 284 g/mol. The van der Waals surface area contributed by atoms with Crippen molar-refractivity contribution in [1.29, 1.82) is 0 Å². The lowest BCUT2D eigenvalue weighted by Gasteiger charge is -2.16. The summed E-state index contributed by atoms with van der Waals surface area (Å²) in [7, 11) is -2.80. The summed E-state index contributed by atoms with van der Waals surface area (Å²) in [5, 5.41) is 9.20. The number of rotatable bonds is 5. The van der Waals surface area contributed by atoms with Gasteiger partial charge in [-0.3, -0.25) is 0 Å². The van der Waals surface area contributed by atoms with E-state index in [1.807, 2.05) is 0 Å². The van der Waals surface area contributed by atoms with Crippen molar-refractivity contribution in [3.63, 3.8) is 0 Å². The highest BCUT2D eigenvalue weighted by Gasteiger charge is 2.46. The van der Waals surface area contributed by atoms with Crippen LogP contribution in [-0.2, 0) is 14.8 Å². The van der Waals surface area contributed by atoms with Crippen molar-refractivity contribution < 1.29 is 23.1 Å². The van der Waals surface area contributed by atoms with Crippen molar-refractivity contribution in [3.05, 3.63) is 23.8 Å². The Kier molecular flexibility index (Phi) is 3.72. The Balaban J connectivity index is 2.45. The smallest absolute Gasteiger partial charge is 0.339 e. The van der Waals surface area contributed by atoms with Gasteiger partial charge in [-0.05, 0) is 31.0 Å². The number of nitrogens with one attached hydrogen (secondary N) is 1. The normalized spacial score (nSPS) is 16.7. The van der Waals surface area contributed by atoms with E-state index in [9.17, 15) is 18.3 Å². The van der Waals surface area contributed by atoms with Crippen LogP contribution in [0.25, 0.3) is 0 Å². The number of hydrogen-bond donors (Lipinski definition) is 3. The van der Waals surface area contributed by atoms with E-state index in [2.05, 4.69) is 9.46 Å². The molecule has 0 amide bonds. The van der Waals surface area contributed by atoms with Crippen molar-refractivity contribution in [2.75, 3.05) is 19.5 Å². The van der Waals surface area contributed by atoms with Gasteiger partial charge >= 0.3 is 5.97 Å². The zero-order valence-corrected chi connectivity index (χ0v) is 11.7. The number of hydrogen-bond acceptors (Lipinski definition) is 6. The lowest BCUT2D eigenvalue weighted by atomic mass is 10.2. The fourth-order valence-electron chi connectivity index (χ4n) is 1.82. The second-order valence-electron chi connectivity index (χ2n) is 4.79. The minimum atomic E-state index is -3.97. The van der Waals surface area contributed by atoms with Gasteiger partial charge in [0.25, 0.3) is 0 Å². The molecule has 20 heavy (non-hydrogen) atoms. The molecule has 2 rings (SSSR count). The predicted molar refractivity (Wildman–Crippen MR) is 71.6 cm³/mol. The van der Waals surface area contributed by atoms with E-state index in [1.54, 1.807) is 0 Å². The molecule has 7 nitrogen and oxygen atoms in total. The maximum atomic E-state index is 12.4. The van der Waals surface area contributed by atoms with E-state index < -0.39 is 21.5 Å². The summed E-state index contributed by atoms with van der Waals surface area (Å²) in [6.07, 6.45) is 1.11. The van der Waals surface area contributed by atoms with Gasteiger partial charge < -0.3 is 15.6 Å². The zero-order valence-electron chi connectivity index (χ0n) is 10.9. The molecule has 0 aromatic heterocycles. The zero-order chi connectivity index (χ0) is 15.0. The minimum absolute atomic E-state index is 0.0945. The molecule has 0 heterocycles. The second kappa shape index (κ2) is 5.04. The first-order valence-electron chi connectivity index (χ1n) is 5.96. The Morgan fingerprint density at radius 3 is 2.65 bits per heavy atom. The maximum absolute atomic E-state index is 12.4. The Bertz CT molecular complexity index is 637. The Hall–Kier alpha value is -1.64. The summed E-state index contributed by atoms with van der Waals surface area (Å²) in [5.41, 5.74) is 4.88. The topological polar surface area (TPSA) is 119 Å². The minimum Gasteiger partial charge on any atom is -0.465 e. The maximum Gasteiger partial charge on any atom is 0.339 e. The fraction of sp³-hybridized carbons (Fsp3) is 0.417. The average molecular weight is 300 g/mol. The van der Waals surface area contributed by atoms with Crippen LogP contribution in [0.2, 0.25) is 0 Å². The van der Waals surface area contributed by atoms with Crippen LogP contribution >= 0.6 is 0 Å². The first kappa shape index (κ1) is 14.8. The summed E-state index contributed by atoms with van der Waals surface area (Å²) in [4.78, 5) is 11.4. The van der Waals surface area contributed by atoms with Gasteiger partial charge in [-0.2, -0.15) is 0 Å². The molecule has 0 spiro atoms. The monoisotopic (exact) mass is 300 g/mol. The quantitative estimate of drug-likeness (QED) is 0.514. The Labute approximate surface area is 116 Å². The number of aliphatic hydroxyl groups excluding tert-OH is 1. The van der Waals surface area contributed by atoms with Crippen molar-refractivity contribution in [3.8, 4) is 0 Å². The van der Waals surface area contributed by atoms with Gasteiger partial charge in [0, 0.05) is 5.69 Å². The van der Waals surface area contributed by atoms with Crippen LogP contribution in [-0.4, -0.2) is 38.7 Å².